The minimum atomic E-state index is -0.989. The number of aryl methyl sites for hydroxylation is 1. The van der Waals surface area contributed by atoms with Crippen molar-refractivity contribution >= 4 is 17.9 Å². The van der Waals surface area contributed by atoms with Crippen molar-refractivity contribution in [2.24, 2.45) is 0 Å². The predicted octanol–water partition coefficient (Wildman–Crippen LogP) is 2.33. The highest BCUT2D eigenvalue weighted by Crippen LogP contribution is 2.25. The van der Waals surface area contributed by atoms with Gasteiger partial charge in [-0.2, -0.15) is 5.26 Å². The fourth-order valence-electron chi connectivity index (χ4n) is 1.71. The summed E-state index contributed by atoms with van der Waals surface area (Å²) in [5.74, 6) is -0.697. The third kappa shape index (κ3) is 5.82. The van der Waals surface area contributed by atoms with Gasteiger partial charge in [-0.05, 0) is 38.8 Å². The number of aromatic nitrogens is 1. The van der Waals surface area contributed by atoms with Crippen LogP contribution in [0.4, 0.5) is 10.6 Å². The van der Waals surface area contributed by atoms with Crippen LogP contribution in [0.25, 0.3) is 0 Å². The number of aliphatic carboxylic acids is 1. The van der Waals surface area contributed by atoms with Gasteiger partial charge in [0.1, 0.15) is 17.5 Å². The zero-order valence-corrected chi connectivity index (χ0v) is 13.5. The molecule has 124 valence electrons. The summed E-state index contributed by atoms with van der Waals surface area (Å²) in [5, 5.41) is 20.3. The van der Waals surface area contributed by atoms with E-state index in [4.69, 9.17) is 19.8 Å². The van der Waals surface area contributed by atoms with Gasteiger partial charge in [-0.25, -0.2) is 9.78 Å². The van der Waals surface area contributed by atoms with E-state index < -0.39 is 17.7 Å². The average Bonchev–Trinajstić information content (AvgIpc) is 2.43. The number of pyridine rings is 1. The first-order valence-electron chi connectivity index (χ1n) is 6.86. The summed E-state index contributed by atoms with van der Waals surface area (Å²) in [5.41, 5.74) is -0.276. The molecule has 0 aromatic carbocycles. The Labute approximate surface area is 134 Å². The van der Waals surface area contributed by atoms with Gasteiger partial charge in [0, 0.05) is 6.42 Å². The topological polar surface area (TPSA) is 122 Å². The zero-order valence-electron chi connectivity index (χ0n) is 13.5. The van der Waals surface area contributed by atoms with Crippen LogP contribution in [0.3, 0.4) is 0 Å². The molecule has 8 heteroatoms. The van der Waals surface area contributed by atoms with Crippen molar-refractivity contribution < 1.29 is 24.2 Å². The molecule has 0 unspecified atom stereocenters. The molecule has 0 saturated carbocycles. The molecule has 0 aliphatic carbocycles. The molecule has 2 N–H and O–H groups in total. The third-order valence-electron chi connectivity index (χ3n) is 2.62. The number of carboxylic acid groups (broad SMARTS) is 1. The highest BCUT2D eigenvalue weighted by Gasteiger charge is 2.20. The Morgan fingerprint density at radius 2 is 2.09 bits per heavy atom. The van der Waals surface area contributed by atoms with Crippen molar-refractivity contribution in [3.8, 4) is 11.8 Å². The van der Waals surface area contributed by atoms with E-state index in [2.05, 4.69) is 10.3 Å². The van der Waals surface area contributed by atoms with E-state index in [0.29, 0.717) is 5.56 Å². The molecule has 1 aromatic heterocycles. The molecule has 0 spiro atoms. The summed E-state index contributed by atoms with van der Waals surface area (Å²) in [7, 11) is 1.37. The van der Waals surface area contributed by atoms with Crippen molar-refractivity contribution in [3.05, 3.63) is 17.3 Å². The summed E-state index contributed by atoms with van der Waals surface area (Å²) in [6.45, 7) is 5.13. The number of carbonyl (C=O) groups excluding carboxylic acids is 1. The molecule has 0 saturated heterocycles. The highest BCUT2D eigenvalue weighted by molar-refractivity contribution is 5.85. The van der Waals surface area contributed by atoms with Crippen molar-refractivity contribution in [2.45, 2.75) is 39.2 Å². The number of anilines is 1. The lowest BCUT2D eigenvalue weighted by Crippen LogP contribution is -2.28. The summed E-state index contributed by atoms with van der Waals surface area (Å²) in [4.78, 5) is 26.6. The predicted molar refractivity (Wildman–Crippen MR) is 81.3 cm³/mol. The summed E-state index contributed by atoms with van der Waals surface area (Å²) < 4.78 is 10.2. The van der Waals surface area contributed by atoms with Gasteiger partial charge in [0.25, 0.3) is 0 Å². The number of nitriles is 1. The van der Waals surface area contributed by atoms with E-state index >= 15 is 0 Å². The molecule has 1 rings (SSSR count). The number of nitrogens with zero attached hydrogens (tertiary/aromatic N) is 2. The molecule has 1 heterocycles. The molecule has 8 nitrogen and oxygen atoms in total. The van der Waals surface area contributed by atoms with Gasteiger partial charge in [-0.1, -0.05) is 0 Å². The molecule has 0 aliphatic rings. The SMILES string of the molecule is COc1cc(CCC(=O)O)c(NC(=O)OC(C)(C)C)nc1C#N. The molecule has 1 aromatic rings. The number of amides is 1. The fourth-order valence-corrected chi connectivity index (χ4v) is 1.71. The molecule has 0 atom stereocenters. The summed E-state index contributed by atoms with van der Waals surface area (Å²) in [6, 6.07) is 3.34. The average molecular weight is 321 g/mol. The Morgan fingerprint density at radius 3 is 2.57 bits per heavy atom. The lowest BCUT2D eigenvalue weighted by molar-refractivity contribution is -0.136. The van der Waals surface area contributed by atoms with Gasteiger partial charge in [-0.3, -0.25) is 10.1 Å². The minimum Gasteiger partial charge on any atom is -0.494 e. The Hall–Kier alpha value is -2.82. The van der Waals surface area contributed by atoms with Crippen LogP contribution in [0.15, 0.2) is 6.07 Å². The van der Waals surface area contributed by atoms with Gasteiger partial charge in [0.2, 0.25) is 0 Å². The van der Waals surface area contributed by atoms with E-state index in [0.717, 1.165) is 0 Å². The normalized spacial score (nSPS) is 10.6. The highest BCUT2D eigenvalue weighted by atomic mass is 16.6. The van der Waals surface area contributed by atoms with Crippen molar-refractivity contribution in [2.75, 3.05) is 12.4 Å². The molecule has 0 aliphatic heterocycles. The first-order valence-corrected chi connectivity index (χ1v) is 6.86. The number of hydrogen-bond acceptors (Lipinski definition) is 6. The molecule has 1 amide bonds. The van der Waals surface area contributed by atoms with Crippen LogP contribution >= 0.6 is 0 Å². The van der Waals surface area contributed by atoms with E-state index in [-0.39, 0.29) is 30.1 Å². The van der Waals surface area contributed by atoms with E-state index in [1.54, 1.807) is 20.8 Å². The summed E-state index contributed by atoms with van der Waals surface area (Å²) >= 11 is 0. The first kappa shape index (κ1) is 18.2. The molecule has 0 radical (unpaired) electrons. The number of carbonyl (C=O) groups is 2. The van der Waals surface area contributed by atoms with Crippen LogP contribution in [-0.4, -0.2) is 34.9 Å². The first-order chi connectivity index (χ1) is 10.7. The van der Waals surface area contributed by atoms with Gasteiger partial charge >= 0.3 is 12.1 Å². The lowest BCUT2D eigenvalue weighted by Gasteiger charge is -2.20. The number of ether oxygens (including phenoxy) is 2. The van der Waals surface area contributed by atoms with Gasteiger partial charge < -0.3 is 14.6 Å². The van der Waals surface area contributed by atoms with Crippen molar-refractivity contribution in [1.82, 2.24) is 4.98 Å². The van der Waals surface area contributed by atoms with Crippen LogP contribution in [0.2, 0.25) is 0 Å². The molecular weight excluding hydrogens is 302 g/mol. The smallest absolute Gasteiger partial charge is 0.413 e. The number of hydrogen-bond donors (Lipinski definition) is 2. The van der Waals surface area contributed by atoms with Gasteiger partial charge in [-0.15, -0.1) is 0 Å². The second-order valence-corrected chi connectivity index (χ2v) is 5.68. The lowest BCUT2D eigenvalue weighted by atomic mass is 10.1. The maximum atomic E-state index is 11.9. The van der Waals surface area contributed by atoms with Crippen molar-refractivity contribution in [1.29, 1.82) is 5.26 Å². The van der Waals surface area contributed by atoms with Crippen LogP contribution in [0.5, 0.6) is 5.75 Å². The van der Waals surface area contributed by atoms with E-state index in [9.17, 15) is 9.59 Å². The Bertz CT molecular complexity index is 644. The largest absolute Gasteiger partial charge is 0.494 e. The van der Waals surface area contributed by atoms with E-state index in [1.807, 2.05) is 6.07 Å². The number of carboxylic acids is 1. The Kier molecular flexibility index (Phi) is 5.90. The van der Waals surface area contributed by atoms with Crippen LogP contribution in [0, 0.1) is 11.3 Å². The standard InChI is InChI=1S/C15H19N3O5/c1-15(2,3)23-14(21)18-13-9(5-6-12(19)20)7-11(22-4)10(8-16)17-13/h7H,5-6H2,1-4H3,(H,19,20)(H,17,18,21). The van der Waals surface area contributed by atoms with Crippen LogP contribution in [0.1, 0.15) is 38.4 Å². The van der Waals surface area contributed by atoms with E-state index in [1.165, 1.54) is 13.2 Å². The van der Waals surface area contributed by atoms with Crippen LogP contribution in [-0.2, 0) is 16.0 Å². The second-order valence-electron chi connectivity index (χ2n) is 5.68. The van der Waals surface area contributed by atoms with Gasteiger partial charge in [0.05, 0.1) is 7.11 Å². The number of methoxy groups -OCH3 is 1. The third-order valence-corrected chi connectivity index (χ3v) is 2.62. The Morgan fingerprint density at radius 1 is 1.43 bits per heavy atom. The van der Waals surface area contributed by atoms with Crippen LogP contribution < -0.4 is 10.1 Å². The molecule has 0 bridgehead atoms. The molecular formula is C15H19N3O5. The molecule has 0 fully saturated rings. The van der Waals surface area contributed by atoms with Gasteiger partial charge in [0.15, 0.2) is 11.4 Å². The second kappa shape index (κ2) is 7.45. The number of nitrogens with one attached hydrogen (secondary N) is 1. The maximum Gasteiger partial charge on any atom is 0.413 e. The Balaban J connectivity index is 3.13. The monoisotopic (exact) mass is 321 g/mol. The molecule has 23 heavy (non-hydrogen) atoms. The summed E-state index contributed by atoms with van der Waals surface area (Å²) in [6.07, 6.45) is -0.773. The van der Waals surface area contributed by atoms with Crippen molar-refractivity contribution in [3.63, 3.8) is 0 Å². The quantitative estimate of drug-likeness (QED) is 0.853. The fraction of sp³-hybridized carbons (Fsp3) is 0.467. The maximum absolute atomic E-state index is 11.9. The zero-order chi connectivity index (χ0) is 17.6. The minimum absolute atomic E-state index is 0.0161. The number of rotatable bonds is 5.